The van der Waals surface area contributed by atoms with Crippen molar-refractivity contribution in [1.29, 1.82) is 0 Å². The largest absolute Gasteiger partial charge is 0.341 e. The molecule has 0 amide bonds. The average Bonchev–Trinajstić information content (AvgIpc) is 2.46. The molecule has 0 saturated carbocycles. The molecule has 18 heavy (non-hydrogen) atoms. The van der Waals surface area contributed by atoms with Gasteiger partial charge in [0, 0.05) is 31.5 Å². The molecule has 1 aliphatic heterocycles. The third-order valence-corrected chi connectivity index (χ3v) is 3.80. The van der Waals surface area contributed by atoms with Gasteiger partial charge in [0.25, 0.3) is 0 Å². The summed E-state index contributed by atoms with van der Waals surface area (Å²) < 4.78 is 0. The van der Waals surface area contributed by atoms with E-state index in [0.29, 0.717) is 6.04 Å². The van der Waals surface area contributed by atoms with Crippen LogP contribution in [0, 0.1) is 5.92 Å². The second kappa shape index (κ2) is 6.69. The van der Waals surface area contributed by atoms with Crippen LogP contribution in [0.1, 0.15) is 33.1 Å². The van der Waals surface area contributed by atoms with Gasteiger partial charge in [0.2, 0.25) is 5.95 Å². The Balaban J connectivity index is 1.81. The lowest BCUT2D eigenvalue weighted by Gasteiger charge is -2.35. The molecule has 1 fully saturated rings. The third-order valence-electron chi connectivity index (χ3n) is 3.80. The van der Waals surface area contributed by atoms with E-state index in [4.69, 9.17) is 0 Å². The number of hydrogen-bond donors (Lipinski definition) is 1. The fourth-order valence-corrected chi connectivity index (χ4v) is 2.59. The number of anilines is 1. The van der Waals surface area contributed by atoms with Gasteiger partial charge < -0.3 is 10.2 Å². The minimum absolute atomic E-state index is 0.629. The van der Waals surface area contributed by atoms with E-state index in [9.17, 15) is 0 Å². The SMILES string of the molecule is CCCNC(C)C1CCN(c2ncccn2)CC1. The molecule has 2 heterocycles. The van der Waals surface area contributed by atoms with E-state index in [1.165, 1.54) is 19.3 Å². The van der Waals surface area contributed by atoms with E-state index >= 15 is 0 Å². The number of rotatable bonds is 5. The van der Waals surface area contributed by atoms with Gasteiger partial charge >= 0.3 is 0 Å². The first-order valence-corrected chi connectivity index (χ1v) is 7.06. The maximum atomic E-state index is 4.32. The predicted octanol–water partition coefficient (Wildman–Crippen LogP) is 2.08. The summed E-state index contributed by atoms with van der Waals surface area (Å²) >= 11 is 0. The minimum atomic E-state index is 0.629. The van der Waals surface area contributed by atoms with Crippen molar-refractivity contribution in [2.45, 2.75) is 39.2 Å². The second-order valence-corrected chi connectivity index (χ2v) is 5.12. The summed E-state index contributed by atoms with van der Waals surface area (Å²) in [6, 6.07) is 2.50. The molecule has 4 nitrogen and oxygen atoms in total. The highest BCUT2D eigenvalue weighted by Crippen LogP contribution is 2.22. The Hall–Kier alpha value is -1.16. The molecule has 4 heteroatoms. The van der Waals surface area contributed by atoms with Crippen molar-refractivity contribution < 1.29 is 0 Å². The van der Waals surface area contributed by atoms with E-state index in [1.54, 1.807) is 0 Å². The van der Waals surface area contributed by atoms with Gasteiger partial charge in [0.05, 0.1) is 0 Å². The van der Waals surface area contributed by atoms with Crippen LogP contribution < -0.4 is 10.2 Å². The summed E-state index contributed by atoms with van der Waals surface area (Å²) in [4.78, 5) is 10.9. The van der Waals surface area contributed by atoms with Crippen molar-refractivity contribution in [2.75, 3.05) is 24.5 Å². The molecule has 1 aromatic heterocycles. The van der Waals surface area contributed by atoms with Gasteiger partial charge in [-0.25, -0.2) is 9.97 Å². The first kappa shape index (κ1) is 13.3. The molecule has 2 rings (SSSR count). The van der Waals surface area contributed by atoms with E-state index < -0.39 is 0 Å². The van der Waals surface area contributed by atoms with E-state index in [2.05, 4.69) is 34.0 Å². The monoisotopic (exact) mass is 248 g/mol. The normalized spacial score (nSPS) is 18.9. The van der Waals surface area contributed by atoms with Crippen molar-refractivity contribution in [3.63, 3.8) is 0 Å². The smallest absolute Gasteiger partial charge is 0.225 e. The topological polar surface area (TPSA) is 41.0 Å². The number of nitrogens with zero attached hydrogens (tertiary/aromatic N) is 3. The highest BCUT2D eigenvalue weighted by Gasteiger charge is 2.24. The predicted molar refractivity (Wildman–Crippen MR) is 74.7 cm³/mol. The molecule has 0 radical (unpaired) electrons. The summed E-state index contributed by atoms with van der Waals surface area (Å²) in [5.41, 5.74) is 0. The molecule has 1 aromatic rings. The van der Waals surface area contributed by atoms with Crippen molar-refractivity contribution >= 4 is 5.95 Å². The Bertz CT molecular complexity index is 333. The Kier molecular flexibility index (Phi) is 4.93. The number of piperidine rings is 1. The molecular weight excluding hydrogens is 224 g/mol. The van der Waals surface area contributed by atoms with Crippen LogP contribution in [-0.2, 0) is 0 Å². The zero-order chi connectivity index (χ0) is 12.8. The minimum Gasteiger partial charge on any atom is -0.341 e. The Labute approximate surface area is 110 Å². The number of hydrogen-bond acceptors (Lipinski definition) is 4. The fraction of sp³-hybridized carbons (Fsp3) is 0.714. The quantitative estimate of drug-likeness (QED) is 0.866. The van der Waals surface area contributed by atoms with Crippen molar-refractivity contribution in [3.05, 3.63) is 18.5 Å². The Morgan fingerprint density at radius 3 is 2.61 bits per heavy atom. The van der Waals surface area contributed by atoms with E-state index in [1.807, 2.05) is 18.5 Å². The first-order valence-electron chi connectivity index (χ1n) is 7.06. The van der Waals surface area contributed by atoms with Gasteiger partial charge in [-0.3, -0.25) is 0 Å². The highest BCUT2D eigenvalue weighted by atomic mass is 15.2. The molecule has 0 aromatic carbocycles. The summed E-state index contributed by atoms with van der Waals surface area (Å²) in [6.07, 6.45) is 7.31. The summed E-state index contributed by atoms with van der Waals surface area (Å²) in [5.74, 6) is 1.67. The molecule has 1 saturated heterocycles. The molecule has 100 valence electrons. The molecule has 1 unspecified atom stereocenters. The summed E-state index contributed by atoms with van der Waals surface area (Å²) in [5, 5.41) is 3.61. The maximum absolute atomic E-state index is 4.32. The molecule has 0 spiro atoms. The van der Waals surface area contributed by atoms with E-state index in [0.717, 1.165) is 31.5 Å². The van der Waals surface area contributed by atoms with Crippen LogP contribution in [0.15, 0.2) is 18.5 Å². The van der Waals surface area contributed by atoms with Gasteiger partial charge in [-0.2, -0.15) is 0 Å². The molecule has 1 N–H and O–H groups in total. The first-order chi connectivity index (χ1) is 8.81. The standard InChI is InChI=1S/C14H24N4/c1-3-7-15-12(2)13-5-10-18(11-6-13)14-16-8-4-9-17-14/h4,8-9,12-13,15H,3,5-7,10-11H2,1-2H3. The van der Waals surface area contributed by atoms with Crippen LogP contribution in [0.3, 0.4) is 0 Å². The van der Waals surface area contributed by atoms with Crippen LogP contribution in [0.5, 0.6) is 0 Å². The lowest BCUT2D eigenvalue weighted by molar-refractivity contribution is 0.310. The fourth-order valence-electron chi connectivity index (χ4n) is 2.59. The Morgan fingerprint density at radius 1 is 1.33 bits per heavy atom. The Morgan fingerprint density at radius 2 is 2.00 bits per heavy atom. The molecule has 0 bridgehead atoms. The van der Waals surface area contributed by atoms with Gasteiger partial charge in [-0.1, -0.05) is 6.92 Å². The number of aromatic nitrogens is 2. The lowest BCUT2D eigenvalue weighted by Crippen LogP contribution is -2.42. The zero-order valence-corrected chi connectivity index (χ0v) is 11.5. The zero-order valence-electron chi connectivity index (χ0n) is 11.5. The third kappa shape index (κ3) is 3.42. The summed E-state index contributed by atoms with van der Waals surface area (Å²) in [6.45, 7) is 7.81. The second-order valence-electron chi connectivity index (χ2n) is 5.12. The molecular formula is C14H24N4. The van der Waals surface area contributed by atoms with Crippen LogP contribution >= 0.6 is 0 Å². The van der Waals surface area contributed by atoms with Gasteiger partial charge in [0.1, 0.15) is 0 Å². The van der Waals surface area contributed by atoms with Crippen LogP contribution in [0.25, 0.3) is 0 Å². The van der Waals surface area contributed by atoms with E-state index in [-0.39, 0.29) is 0 Å². The van der Waals surface area contributed by atoms with Crippen LogP contribution in [0.2, 0.25) is 0 Å². The average molecular weight is 248 g/mol. The highest BCUT2D eigenvalue weighted by molar-refractivity contribution is 5.28. The van der Waals surface area contributed by atoms with Crippen molar-refractivity contribution in [3.8, 4) is 0 Å². The van der Waals surface area contributed by atoms with Crippen molar-refractivity contribution in [2.24, 2.45) is 5.92 Å². The van der Waals surface area contributed by atoms with Crippen LogP contribution in [-0.4, -0.2) is 35.6 Å². The van der Waals surface area contributed by atoms with Gasteiger partial charge in [-0.05, 0) is 44.7 Å². The van der Waals surface area contributed by atoms with Gasteiger partial charge in [0.15, 0.2) is 0 Å². The van der Waals surface area contributed by atoms with Gasteiger partial charge in [-0.15, -0.1) is 0 Å². The maximum Gasteiger partial charge on any atom is 0.225 e. The molecule has 1 aliphatic rings. The molecule has 1 atom stereocenters. The molecule has 0 aliphatic carbocycles. The number of nitrogens with one attached hydrogen (secondary N) is 1. The lowest BCUT2D eigenvalue weighted by atomic mass is 9.90. The summed E-state index contributed by atoms with van der Waals surface area (Å²) in [7, 11) is 0. The van der Waals surface area contributed by atoms with Crippen LogP contribution in [0.4, 0.5) is 5.95 Å². The van der Waals surface area contributed by atoms with Crippen molar-refractivity contribution in [1.82, 2.24) is 15.3 Å².